The largest absolute Gasteiger partial charge is 0.853 e. The lowest BCUT2D eigenvalue weighted by atomic mass is 10.3. The molecular formula is C17H28N2O4. The lowest BCUT2D eigenvalue weighted by Gasteiger charge is -2.33. The summed E-state index contributed by atoms with van der Waals surface area (Å²) in [6.07, 6.45) is 6.34. The Labute approximate surface area is 138 Å². The topological polar surface area (TPSA) is 63.6 Å². The first-order valence-corrected chi connectivity index (χ1v) is 8.45. The zero-order chi connectivity index (χ0) is 16.2. The summed E-state index contributed by atoms with van der Waals surface area (Å²) >= 11 is 0. The molecule has 2 heterocycles. The molecule has 2 rings (SSSR count). The van der Waals surface area contributed by atoms with E-state index in [4.69, 9.17) is 14.2 Å². The SMILES string of the molecule is [O-]CCOCCOCCOCC[N+]1(c2cccnc2)CCCC1. The van der Waals surface area contributed by atoms with E-state index in [1.807, 2.05) is 18.5 Å². The van der Waals surface area contributed by atoms with Crippen LogP contribution in [-0.4, -0.2) is 70.9 Å². The molecule has 1 fully saturated rings. The number of rotatable bonds is 12. The second-order valence-corrected chi connectivity index (χ2v) is 5.78. The first-order valence-electron chi connectivity index (χ1n) is 8.45. The molecule has 0 spiro atoms. The van der Waals surface area contributed by atoms with Crippen molar-refractivity contribution in [2.75, 3.05) is 65.9 Å². The summed E-state index contributed by atoms with van der Waals surface area (Å²) in [6.45, 7) is 6.26. The number of pyridine rings is 1. The average Bonchev–Trinajstić information content (AvgIpc) is 3.07. The highest BCUT2D eigenvalue weighted by Gasteiger charge is 2.34. The van der Waals surface area contributed by atoms with Gasteiger partial charge in [0.15, 0.2) is 5.69 Å². The van der Waals surface area contributed by atoms with Gasteiger partial charge < -0.3 is 19.3 Å². The molecule has 1 aliphatic rings. The fourth-order valence-corrected chi connectivity index (χ4v) is 3.03. The van der Waals surface area contributed by atoms with Crippen LogP contribution >= 0.6 is 0 Å². The first-order chi connectivity index (χ1) is 11.4. The Bertz CT molecular complexity index is 410. The van der Waals surface area contributed by atoms with E-state index in [0.717, 1.165) is 17.6 Å². The molecule has 0 aliphatic carbocycles. The number of ether oxygens (including phenoxy) is 3. The molecule has 0 amide bonds. The number of likely N-dealkylation sites (tertiary alicyclic amines) is 1. The Morgan fingerprint density at radius 1 is 0.957 bits per heavy atom. The number of hydrogen-bond acceptors (Lipinski definition) is 5. The minimum atomic E-state index is -0.194. The van der Waals surface area contributed by atoms with Crippen LogP contribution in [0.15, 0.2) is 24.5 Å². The second-order valence-electron chi connectivity index (χ2n) is 5.78. The third-order valence-corrected chi connectivity index (χ3v) is 4.25. The monoisotopic (exact) mass is 324 g/mol. The van der Waals surface area contributed by atoms with Gasteiger partial charge in [0.05, 0.1) is 52.3 Å². The molecule has 6 heteroatoms. The Morgan fingerprint density at radius 2 is 1.61 bits per heavy atom. The van der Waals surface area contributed by atoms with Crippen LogP contribution in [0.3, 0.4) is 0 Å². The summed E-state index contributed by atoms with van der Waals surface area (Å²) in [5.41, 5.74) is 1.29. The summed E-state index contributed by atoms with van der Waals surface area (Å²) in [4.78, 5) is 4.27. The maximum absolute atomic E-state index is 10.2. The second kappa shape index (κ2) is 10.7. The number of nitrogens with zero attached hydrogens (tertiary/aromatic N) is 2. The maximum atomic E-state index is 10.2. The maximum Gasteiger partial charge on any atom is 0.151 e. The molecule has 23 heavy (non-hydrogen) atoms. The predicted octanol–water partition coefficient (Wildman–Crippen LogP) is 0.593. The molecule has 0 N–H and O–H groups in total. The standard InChI is InChI=1S/C17H28N2O4/c20-9-11-22-13-15-23-14-12-21-10-8-19(6-1-2-7-19)17-4-3-5-18-16-17/h3-5,16H,1-2,6-15H2. The van der Waals surface area contributed by atoms with Crippen molar-refractivity contribution in [3.05, 3.63) is 24.5 Å². The number of aromatic nitrogens is 1. The van der Waals surface area contributed by atoms with Crippen LogP contribution in [-0.2, 0) is 14.2 Å². The van der Waals surface area contributed by atoms with Crippen LogP contribution < -0.4 is 9.59 Å². The lowest BCUT2D eigenvalue weighted by molar-refractivity contribution is -0.374. The summed E-state index contributed by atoms with van der Waals surface area (Å²) in [5, 5.41) is 10.2. The summed E-state index contributed by atoms with van der Waals surface area (Å²) < 4.78 is 17.2. The van der Waals surface area contributed by atoms with Gasteiger partial charge in [-0.05, 0) is 6.07 Å². The minimum absolute atomic E-state index is 0.194. The van der Waals surface area contributed by atoms with Crippen molar-refractivity contribution in [3.63, 3.8) is 0 Å². The van der Waals surface area contributed by atoms with Gasteiger partial charge in [-0.3, -0.25) is 9.47 Å². The molecule has 0 aromatic carbocycles. The average molecular weight is 324 g/mol. The van der Waals surface area contributed by atoms with E-state index >= 15 is 0 Å². The van der Waals surface area contributed by atoms with E-state index in [0.29, 0.717) is 26.4 Å². The van der Waals surface area contributed by atoms with Gasteiger partial charge in [0.2, 0.25) is 0 Å². The molecule has 1 aromatic rings. The molecule has 0 radical (unpaired) electrons. The highest BCUT2D eigenvalue weighted by Crippen LogP contribution is 2.28. The van der Waals surface area contributed by atoms with E-state index in [2.05, 4.69) is 11.1 Å². The minimum Gasteiger partial charge on any atom is -0.853 e. The van der Waals surface area contributed by atoms with Gasteiger partial charge in [-0.15, -0.1) is 6.61 Å². The molecular weight excluding hydrogens is 296 g/mol. The number of hydrogen-bond donors (Lipinski definition) is 0. The van der Waals surface area contributed by atoms with E-state index in [-0.39, 0.29) is 13.2 Å². The van der Waals surface area contributed by atoms with Crippen LogP contribution in [0.4, 0.5) is 5.69 Å². The van der Waals surface area contributed by atoms with E-state index in [9.17, 15) is 5.11 Å². The lowest BCUT2D eigenvalue weighted by Crippen LogP contribution is -2.48. The van der Waals surface area contributed by atoms with Crippen LogP contribution in [0.5, 0.6) is 0 Å². The Hall–Kier alpha value is -1.05. The fourth-order valence-electron chi connectivity index (χ4n) is 3.03. The highest BCUT2D eigenvalue weighted by molar-refractivity contribution is 5.40. The Balaban J connectivity index is 1.59. The van der Waals surface area contributed by atoms with Crippen LogP contribution in [0.25, 0.3) is 0 Å². The molecule has 0 saturated carbocycles. The van der Waals surface area contributed by atoms with Crippen molar-refractivity contribution in [2.24, 2.45) is 0 Å². The van der Waals surface area contributed by atoms with Crippen molar-refractivity contribution in [2.45, 2.75) is 12.8 Å². The van der Waals surface area contributed by atoms with Crippen LogP contribution in [0.2, 0.25) is 0 Å². The summed E-state index contributed by atoms with van der Waals surface area (Å²) in [5.74, 6) is 0. The third kappa shape index (κ3) is 6.16. The molecule has 130 valence electrons. The van der Waals surface area contributed by atoms with Gasteiger partial charge in [0, 0.05) is 31.7 Å². The van der Waals surface area contributed by atoms with Gasteiger partial charge in [-0.1, -0.05) is 0 Å². The number of quaternary nitrogens is 1. The van der Waals surface area contributed by atoms with Crippen molar-refractivity contribution in [1.29, 1.82) is 0 Å². The predicted molar refractivity (Wildman–Crippen MR) is 87.2 cm³/mol. The van der Waals surface area contributed by atoms with Gasteiger partial charge in [0.1, 0.15) is 6.54 Å². The Kier molecular flexibility index (Phi) is 8.49. The zero-order valence-corrected chi connectivity index (χ0v) is 13.8. The van der Waals surface area contributed by atoms with Crippen LogP contribution in [0.1, 0.15) is 12.8 Å². The first kappa shape index (κ1) is 18.3. The molecule has 0 atom stereocenters. The molecule has 1 aromatic heterocycles. The van der Waals surface area contributed by atoms with Crippen molar-refractivity contribution < 1.29 is 19.3 Å². The molecule has 0 bridgehead atoms. The fraction of sp³-hybridized carbons (Fsp3) is 0.706. The third-order valence-electron chi connectivity index (χ3n) is 4.25. The molecule has 1 aliphatic heterocycles. The van der Waals surface area contributed by atoms with Crippen molar-refractivity contribution in [3.8, 4) is 0 Å². The van der Waals surface area contributed by atoms with Gasteiger partial charge in [0.25, 0.3) is 0 Å². The highest BCUT2D eigenvalue weighted by atomic mass is 16.5. The van der Waals surface area contributed by atoms with Gasteiger partial charge in [-0.25, -0.2) is 0 Å². The molecule has 0 unspecified atom stereocenters. The Morgan fingerprint density at radius 3 is 2.22 bits per heavy atom. The molecule has 1 saturated heterocycles. The summed E-state index contributed by atoms with van der Waals surface area (Å²) in [7, 11) is 0. The van der Waals surface area contributed by atoms with E-state index in [1.165, 1.54) is 31.6 Å². The van der Waals surface area contributed by atoms with Crippen molar-refractivity contribution >= 4 is 5.69 Å². The van der Waals surface area contributed by atoms with Gasteiger partial charge in [-0.2, -0.15) is 0 Å². The van der Waals surface area contributed by atoms with E-state index < -0.39 is 0 Å². The normalized spacial score (nSPS) is 16.7. The van der Waals surface area contributed by atoms with Crippen LogP contribution in [0, 0.1) is 0 Å². The van der Waals surface area contributed by atoms with Crippen molar-refractivity contribution in [1.82, 2.24) is 9.47 Å². The smallest absolute Gasteiger partial charge is 0.151 e. The summed E-state index contributed by atoms with van der Waals surface area (Å²) in [6, 6.07) is 4.18. The quantitative estimate of drug-likeness (QED) is 0.416. The van der Waals surface area contributed by atoms with Gasteiger partial charge >= 0.3 is 0 Å². The molecule has 6 nitrogen and oxygen atoms in total. The zero-order valence-electron chi connectivity index (χ0n) is 13.8. The van der Waals surface area contributed by atoms with E-state index in [1.54, 1.807) is 0 Å².